The first-order valence-corrected chi connectivity index (χ1v) is 5.78. The van der Waals surface area contributed by atoms with Crippen molar-refractivity contribution in [1.82, 2.24) is 5.32 Å². The van der Waals surface area contributed by atoms with Crippen LogP contribution < -0.4 is 10.6 Å². The predicted molar refractivity (Wildman–Crippen MR) is 62.4 cm³/mol. The van der Waals surface area contributed by atoms with Gasteiger partial charge in [0.1, 0.15) is 0 Å². The van der Waals surface area contributed by atoms with Crippen molar-refractivity contribution in [2.45, 2.75) is 25.2 Å². The standard InChI is InChI=1S/C12H15F3N2O/c13-12(14,15)10(18)7-16-6-9-3-1-2-8-4-5-17-11(8)9/h1-3,10,16-18H,4-7H2. The predicted octanol–water partition coefficient (Wildman–Crippen LogP) is 1.67. The average Bonchev–Trinajstić information content (AvgIpc) is 2.76. The lowest BCUT2D eigenvalue weighted by molar-refractivity contribution is -0.201. The second kappa shape index (κ2) is 5.16. The van der Waals surface area contributed by atoms with E-state index in [2.05, 4.69) is 10.6 Å². The van der Waals surface area contributed by atoms with Gasteiger partial charge in [0.2, 0.25) is 0 Å². The Bertz CT molecular complexity index is 420. The molecule has 0 spiro atoms. The van der Waals surface area contributed by atoms with Gasteiger partial charge in [-0.1, -0.05) is 18.2 Å². The molecule has 3 nitrogen and oxygen atoms in total. The lowest BCUT2D eigenvalue weighted by Crippen LogP contribution is -2.38. The highest BCUT2D eigenvalue weighted by Gasteiger charge is 2.37. The number of aliphatic hydroxyl groups excluding tert-OH is 1. The van der Waals surface area contributed by atoms with E-state index in [1.54, 1.807) is 0 Å². The first kappa shape index (κ1) is 13.2. The third kappa shape index (κ3) is 2.94. The minimum atomic E-state index is -4.57. The number of hydrogen-bond donors (Lipinski definition) is 3. The molecule has 0 aliphatic carbocycles. The van der Waals surface area contributed by atoms with Crippen LogP contribution in [0.1, 0.15) is 11.1 Å². The van der Waals surface area contributed by atoms with E-state index in [-0.39, 0.29) is 0 Å². The van der Waals surface area contributed by atoms with Crippen LogP contribution in [0.3, 0.4) is 0 Å². The number of aliphatic hydroxyl groups is 1. The molecule has 2 rings (SSSR count). The molecule has 0 fully saturated rings. The van der Waals surface area contributed by atoms with Gasteiger partial charge >= 0.3 is 6.18 Å². The molecule has 100 valence electrons. The summed E-state index contributed by atoms with van der Waals surface area (Å²) in [5.74, 6) is 0. The Balaban J connectivity index is 1.90. The van der Waals surface area contributed by atoms with Crippen LogP contribution in [-0.2, 0) is 13.0 Å². The lowest BCUT2D eigenvalue weighted by Gasteiger charge is -2.16. The van der Waals surface area contributed by atoms with Gasteiger partial charge in [-0.3, -0.25) is 0 Å². The molecular weight excluding hydrogens is 245 g/mol. The summed E-state index contributed by atoms with van der Waals surface area (Å²) >= 11 is 0. The summed E-state index contributed by atoms with van der Waals surface area (Å²) in [5, 5.41) is 14.7. The van der Waals surface area contributed by atoms with Gasteiger partial charge in [0.05, 0.1) is 0 Å². The zero-order valence-electron chi connectivity index (χ0n) is 9.72. The van der Waals surface area contributed by atoms with Gasteiger partial charge in [0.25, 0.3) is 0 Å². The number of benzene rings is 1. The van der Waals surface area contributed by atoms with Crippen LogP contribution in [0.15, 0.2) is 18.2 Å². The molecule has 18 heavy (non-hydrogen) atoms. The van der Waals surface area contributed by atoms with Crippen LogP contribution in [0.5, 0.6) is 0 Å². The van der Waals surface area contributed by atoms with E-state index < -0.39 is 18.8 Å². The molecule has 1 unspecified atom stereocenters. The maximum Gasteiger partial charge on any atom is 0.415 e. The number of alkyl halides is 3. The quantitative estimate of drug-likeness (QED) is 0.771. The fourth-order valence-electron chi connectivity index (χ4n) is 2.02. The molecule has 0 radical (unpaired) electrons. The molecule has 0 aromatic heterocycles. The van der Waals surface area contributed by atoms with Crippen LogP contribution in [0.25, 0.3) is 0 Å². The number of nitrogens with one attached hydrogen (secondary N) is 2. The van der Waals surface area contributed by atoms with E-state index in [1.165, 1.54) is 5.56 Å². The van der Waals surface area contributed by atoms with E-state index in [0.717, 1.165) is 24.2 Å². The zero-order chi connectivity index (χ0) is 13.2. The Morgan fingerprint density at radius 1 is 1.39 bits per heavy atom. The second-order valence-electron chi connectivity index (χ2n) is 4.32. The summed E-state index contributed by atoms with van der Waals surface area (Å²) in [7, 11) is 0. The summed E-state index contributed by atoms with van der Waals surface area (Å²) in [6.07, 6.45) is -5.94. The summed E-state index contributed by atoms with van der Waals surface area (Å²) in [4.78, 5) is 0. The molecule has 1 atom stereocenters. The largest absolute Gasteiger partial charge is 0.415 e. The molecular formula is C12H15F3N2O. The van der Waals surface area contributed by atoms with Gasteiger partial charge in [-0.25, -0.2) is 0 Å². The molecule has 1 aliphatic heterocycles. The van der Waals surface area contributed by atoms with Gasteiger partial charge < -0.3 is 15.7 Å². The third-order valence-electron chi connectivity index (χ3n) is 2.96. The maximum atomic E-state index is 12.1. The van der Waals surface area contributed by atoms with Crippen LogP contribution in [0.2, 0.25) is 0 Å². The third-order valence-corrected chi connectivity index (χ3v) is 2.96. The van der Waals surface area contributed by atoms with Crippen molar-refractivity contribution >= 4 is 5.69 Å². The Morgan fingerprint density at radius 3 is 2.89 bits per heavy atom. The first-order valence-electron chi connectivity index (χ1n) is 5.78. The summed E-state index contributed by atoms with van der Waals surface area (Å²) < 4.78 is 36.3. The minimum absolute atomic E-state index is 0.309. The van der Waals surface area contributed by atoms with E-state index in [9.17, 15) is 13.2 Å². The fraction of sp³-hybridized carbons (Fsp3) is 0.500. The molecule has 1 heterocycles. The first-order chi connectivity index (χ1) is 8.48. The maximum absolute atomic E-state index is 12.1. The minimum Gasteiger partial charge on any atom is -0.384 e. The molecule has 0 saturated heterocycles. The number of para-hydroxylation sites is 1. The molecule has 1 aromatic rings. The van der Waals surface area contributed by atoms with Crippen molar-refractivity contribution in [3.8, 4) is 0 Å². The highest BCUT2D eigenvalue weighted by Crippen LogP contribution is 2.26. The van der Waals surface area contributed by atoms with Crippen LogP contribution >= 0.6 is 0 Å². The van der Waals surface area contributed by atoms with Crippen molar-refractivity contribution in [1.29, 1.82) is 0 Å². The summed E-state index contributed by atoms with van der Waals surface area (Å²) in [6.45, 7) is 0.675. The molecule has 0 bridgehead atoms. The normalized spacial score (nSPS) is 16.2. The number of fused-ring (bicyclic) bond motifs is 1. The average molecular weight is 260 g/mol. The number of anilines is 1. The van der Waals surface area contributed by atoms with Gasteiger partial charge in [0, 0.05) is 25.3 Å². The van der Waals surface area contributed by atoms with Crippen molar-refractivity contribution in [2.75, 3.05) is 18.4 Å². The smallest absolute Gasteiger partial charge is 0.384 e. The van der Waals surface area contributed by atoms with Gasteiger partial charge in [-0.05, 0) is 17.5 Å². The van der Waals surface area contributed by atoms with Crippen LogP contribution in [0, 0.1) is 0 Å². The monoisotopic (exact) mass is 260 g/mol. The Kier molecular flexibility index (Phi) is 3.77. The number of rotatable bonds is 4. The highest BCUT2D eigenvalue weighted by atomic mass is 19.4. The van der Waals surface area contributed by atoms with Gasteiger partial charge in [-0.15, -0.1) is 0 Å². The van der Waals surface area contributed by atoms with E-state index in [0.29, 0.717) is 6.54 Å². The van der Waals surface area contributed by atoms with E-state index >= 15 is 0 Å². The van der Waals surface area contributed by atoms with Gasteiger partial charge in [-0.2, -0.15) is 13.2 Å². The van der Waals surface area contributed by atoms with Crippen molar-refractivity contribution in [3.63, 3.8) is 0 Å². The molecule has 6 heteroatoms. The molecule has 3 N–H and O–H groups in total. The zero-order valence-corrected chi connectivity index (χ0v) is 9.72. The molecule has 0 amide bonds. The summed E-state index contributed by atoms with van der Waals surface area (Å²) in [5.41, 5.74) is 3.12. The van der Waals surface area contributed by atoms with Crippen LogP contribution in [-0.4, -0.2) is 30.5 Å². The Morgan fingerprint density at radius 2 is 2.17 bits per heavy atom. The molecule has 0 saturated carbocycles. The van der Waals surface area contributed by atoms with Crippen LogP contribution in [0.4, 0.5) is 18.9 Å². The van der Waals surface area contributed by atoms with Gasteiger partial charge in [0.15, 0.2) is 6.10 Å². The second-order valence-corrected chi connectivity index (χ2v) is 4.32. The molecule has 1 aliphatic rings. The Hall–Kier alpha value is -1.27. The van der Waals surface area contributed by atoms with Crippen molar-refractivity contribution in [2.24, 2.45) is 0 Å². The van der Waals surface area contributed by atoms with Crippen molar-refractivity contribution < 1.29 is 18.3 Å². The van der Waals surface area contributed by atoms with E-state index in [1.807, 2.05) is 18.2 Å². The van der Waals surface area contributed by atoms with Crippen molar-refractivity contribution in [3.05, 3.63) is 29.3 Å². The highest BCUT2D eigenvalue weighted by molar-refractivity contribution is 5.61. The number of halogens is 3. The topological polar surface area (TPSA) is 44.3 Å². The van der Waals surface area contributed by atoms with E-state index in [4.69, 9.17) is 5.11 Å². The fourth-order valence-corrected chi connectivity index (χ4v) is 2.02. The summed E-state index contributed by atoms with van der Waals surface area (Å²) in [6, 6.07) is 5.76. The SMILES string of the molecule is OC(CNCc1cccc2c1NCC2)C(F)(F)F. The number of hydrogen-bond acceptors (Lipinski definition) is 3. The molecule has 1 aromatic carbocycles. The Labute approximate surface area is 103 Å². The lowest BCUT2D eigenvalue weighted by atomic mass is 10.1.